The summed E-state index contributed by atoms with van der Waals surface area (Å²) in [6.45, 7) is 0. The topological polar surface area (TPSA) is 76.1 Å². The van der Waals surface area contributed by atoms with Crippen molar-refractivity contribution in [1.82, 2.24) is 4.98 Å². The van der Waals surface area contributed by atoms with Gasteiger partial charge in [0.05, 0.1) is 4.90 Å². The number of carbonyl (C=O) groups excluding carboxylic acids is 1. The van der Waals surface area contributed by atoms with Crippen LogP contribution >= 0.6 is 11.3 Å². The fourth-order valence-electron chi connectivity index (χ4n) is 2.38. The zero-order valence-corrected chi connectivity index (χ0v) is 15.7. The highest BCUT2D eigenvalue weighted by Crippen LogP contribution is 2.23. The average Bonchev–Trinajstić information content (AvgIpc) is 3.00. The second-order valence-corrected chi connectivity index (χ2v) is 8.97. The zero-order valence-electron chi connectivity index (χ0n) is 14.1. The van der Waals surface area contributed by atoms with Crippen molar-refractivity contribution in [2.45, 2.75) is 11.3 Å². The van der Waals surface area contributed by atoms with Crippen LogP contribution in [0.4, 0.5) is 13.9 Å². The smallest absolute Gasteiger partial charge is 0.257 e. The standard InChI is InChI=1S/C18H14F2N2O3S2/c1-27(24,25)16-4-2-12(3-5-16)17(23)22-18-21-10-15(26-18)8-11-6-13(19)9-14(20)7-11/h2-7,9-10H,8H2,1H3,(H,21,22,23). The highest BCUT2D eigenvalue weighted by molar-refractivity contribution is 7.90. The third-order valence-electron chi connectivity index (χ3n) is 3.62. The summed E-state index contributed by atoms with van der Waals surface area (Å²) in [4.78, 5) is 17.2. The summed E-state index contributed by atoms with van der Waals surface area (Å²) in [5, 5.41) is 2.95. The lowest BCUT2D eigenvalue weighted by Gasteiger charge is -2.03. The summed E-state index contributed by atoms with van der Waals surface area (Å²) in [5.41, 5.74) is 0.747. The van der Waals surface area contributed by atoms with Gasteiger partial charge >= 0.3 is 0 Å². The third-order valence-corrected chi connectivity index (χ3v) is 5.66. The SMILES string of the molecule is CS(=O)(=O)c1ccc(C(=O)Nc2ncc(Cc3cc(F)cc(F)c3)s2)cc1. The van der Waals surface area contributed by atoms with Crippen LogP contribution in [0.15, 0.2) is 53.6 Å². The first-order valence-corrected chi connectivity index (χ1v) is 10.4. The molecule has 0 saturated heterocycles. The van der Waals surface area contributed by atoms with E-state index in [9.17, 15) is 22.0 Å². The Morgan fingerprint density at radius 1 is 1.11 bits per heavy atom. The molecule has 2 aromatic carbocycles. The van der Waals surface area contributed by atoms with Gasteiger partial charge in [-0.2, -0.15) is 0 Å². The lowest BCUT2D eigenvalue weighted by atomic mass is 10.1. The maximum Gasteiger partial charge on any atom is 0.257 e. The first-order valence-electron chi connectivity index (χ1n) is 7.72. The highest BCUT2D eigenvalue weighted by atomic mass is 32.2. The number of halogens is 2. The summed E-state index contributed by atoms with van der Waals surface area (Å²) in [5.74, 6) is -1.74. The number of thiazole rings is 1. The van der Waals surface area contributed by atoms with Crippen LogP contribution in [0.25, 0.3) is 0 Å². The van der Waals surface area contributed by atoms with Crippen LogP contribution in [0, 0.1) is 11.6 Å². The second-order valence-electron chi connectivity index (χ2n) is 5.84. The number of sulfone groups is 1. The number of anilines is 1. The number of hydrogen-bond donors (Lipinski definition) is 1. The summed E-state index contributed by atoms with van der Waals surface area (Å²) in [6, 6.07) is 8.82. The molecular formula is C18H14F2N2O3S2. The van der Waals surface area contributed by atoms with E-state index in [1.54, 1.807) is 0 Å². The minimum absolute atomic E-state index is 0.123. The summed E-state index contributed by atoms with van der Waals surface area (Å²) < 4.78 is 49.4. The van der Waals surface area contributed by atoms with Crippen molar-refractivity contribution in [3.8, 4) is 0 Å². The van der Waals surface area contributed by atoms with Crippen molar-refractivity contribution in [2.75, 3.05) is 11.6 Å². The Morgan fingerprint density at radius 3 is 2.33 bits per heavy atom. The van der Waals surface area contributed by atoms with E-state index >= 15 is 0 Å². The highest BCUT2D eigenvalue weighted by Gasteiger charge is 2.12. The molecule has 0 aliphatic rings. The van der Waals surface area contributed by atoms with E-state index in [0.717, 1.165) is 17.2 Å². The molecule has 1 amide bonds. The largest absolute Gasteiger partial charge is 0.298 e. The van der Waals surface area contributed by atoms with Crippen molar-refractivity contribution in [3.05, 3.63) is 76.3 Å². The van der Waals surface area contributed by atoms with Crippen molar-refractivity contribution >= 4 is 32.2 Å². The Kier molecular flexibility index (Phi) is 5.33. The van der Waals surface area contributed by atoms with Crippen molar-refractivity contribution < 1.29 is 22.0 Å². The van der Waals surface area contributed by atoms with Crippen LogP contribution in [0.1, 0.15) is 20.8 Å². The predicted octanol–water partition coefficient (Wildman–Crippen LogP) is 3.67. The summed E-state index contributed by atoms with van der Waals surface area (Å²) in [7, 11) is -3.33. The molecule has 140 valence electrons. The molecule has 0 aliphatic carbocycles. The number of benzene rings is 2. The Balaban J connectivity index is 1.69. The van der Waals surface area contributed by atoms with Crippen molar-refractivity contribution in [3.63, 3.8) is 0 Å². The van der Waals surface area contributed by atoms with E-state index in [2.05, 4.69) is 10.3 Å². The maximum absolute atomic E-state index is 13.3. The second kappa shape index (κ2) is 7.53. The lowest BCUT2D eigenvalue weighted by molar-refractivity contribution is 0.102. The quantitative estimate of drug-likeness (QED) is 0.699. The van der Waals surface area contributed by atoms with Crippen LogP contribution < -0.4 is 5.32 Å². The van der Waals surface area contributed by atoms with Crippen LogP contribution in [-0.2, 0) is 16.3 Å². The summed E-state index contributed by atoms with van der Waals surface area (Å²) >= 11 is 1.19. The molecule has 0 fully saturated rings. The van der Waals surface area contributed by atoms with Crippen molar-refractivity contribution in [2.24, 2.45) is 0 Å². The molecule has 5 nitrogen and oxygen atoms in total. The van der Waals surface area contributed by atoms with Gasteiger partial charge in [-0.05, 0) is 42.0 Å². The van der Waals surface area contributed by atoms with Gasteiger partial charge in [-0.15, -0.1) is 11.3 Å². The van der Waals surface area contributed by atoms with E-state index in [-0.39, 0.29) is 16.9 Å². The number of nitrogens with zero attached hydrogens (tertiary/aromatic N) is 1. The van der Waals surface area contributed by atoms with Crippen LogP contribution in [0.2, 0.25) is 0 Å². The fraction of sp³-hybridized carbons (Fsp3) is 0.111. The molecule has 27 heavy (non-hydrogen) atoms. The molecule has 0 atom stereocenters. The van der Waals surface area contributed by atoms with Gasteiger partial charge in [0.2, 0.25) is 0 Å². The Bertz CT molecular complexity index is 1070. The van der Waals surface area contributed by atoms with Gasteiger partial charge in [-0.25, -0.2) is 22.2 Å². The molecule has 0 unspecified atom stereocenters. The lowest BCUT2D eigenvalue weighted by Crippen LogP contribution is -2.11. The molecule has 0 radical (unpaired) electrons. The molecule has 0 bridgehead atoms. The average molecular weight is 408 g/mol. The van der Waals surface area contributed by atoms with Gasteiger partial charge in [0.1, 0.15) is 11.6 Å². The minimum atomic E-state index is -3.33. The molecule has 3 aromatic rings. The van der Waals surface area contributed by atoms with Gasteiger partial charge in [-0.1, -0.05) is 0 Å². The normalized spacial score (nSPS) is 11.4. The minimum Gasteiger partial charge on any atom is -0.298 e. The molecular weight excluding hydrogens is 394 g/mol. The van der Waals surface area contributed by atoms with E-state index in [1.165, 1.54) is 53.9 Å². The third kappa shape index (κ3) is 4.95. The number of aromatic nitrogens is 1. The Hall–Kier alpha value is -2.65. The van der Waals surface area contributed by atoms with Crippen LogP contribution in [-0.4, -0.2) is 25.6 Å². The van der Waals surface area contributed by atoms with E-state index in [1.807, 2.05) is 0 Å². The molecule has 1 N–H and O–H groups in total. The fourth-order valence-corrected chi connectivity index (χ4v) is 3.86. The molecule has 1 aromatic heterocycles. The van der Waals surface area contributed by atoms with Crippen molar-refractivity contribution in [1.29, 1.82) is 0 Å². The van der Waals surface area contributed by atoms with Gasteiger partial charge in [0.15, 0.2) is 15.0 Å². The van der Waals surface area contributed by atoms with Crippen LogP contribution in [0.3, 0.4) is 0 Å². The molecule has 0 aliphatic heterocycles. The van der Waals surface area contributed by atoms with E-state index in [0.29, 0.717) is 10.7 Å². The molecule has 0 spiro atoms. The van der Waals surface area contributed by atoms with Crippen LogP contribution in [0.5, 0.6) is 0 Å². The maximum atomic E-state index is 13.3. The Morgan fingerprint density at radius 2 is 1.74 bits per heavy atom. The first-order chi connectivity index (χ1) is 12.7. The monoisotopic (exact) mass is 408 g/mol. The number of hydrogen-bond acceptors (Lipinski definition) is 5. The zero-order chi connectivity index (χ0) is 19.6. The molecule has 9 heteroatoms. The van der Waals surface area contributed by atoms with E-state index < -0.39 is 27.4 Å². The Labute approximate surface area is 158 Å². The molecule has 1 heterocycles. The molecule has 3 rings (SSSR count). The number of amides is 1. The predicted molar refractivity (Wildman–Crippen MR) is 98.8 cm³/mol. The van der Waals surface area contributed by atoms with Gasteiger partial charge in [0.25, 0.3) is 5.91 Å². The number of nitrogens with one attached hydrogen (secondary N) is 1. The van der Waals surface area contributed by atoms with Gasteiger partial charge < -0.3 is 0 Å². The van der Waals surface area contributed by atoms with E-state index in [4.69, 9.17) is 0 Å². The van der Waals surface area contributed by atoms with Gasteiger partial charge in [0, 0.05) is 35.4 Å². The number of carbonyl (C=O) groups is 1. The van der Waals surface area contributed by atoms with Gasteiger partial charge in [-0.3, -0.25) is 10.1 Å². The first kappa shape index (κ1) is 19.1. The summed E-state index contributed by atoms with van der Waals surface area (Å²) in [6.07, 6.45) is 2.89. The number of rotatable bonds is 5. The molecule has 0 saturated carbocycles.